The molecular weight excluding hydrogens is 362 g/mol. The second-order valence-electron chi connectivity index (χ2n) is 6.23. The second kappa shape index (κ2) is 7.49. The lowest BCUT2D eigenvalue weighted by Crippen LogP contribution is -2.20. The van der Waals surface area contributed by atoms with E-state index in [1.807, 2.05) is 0 Å². The summed E-state index contributed by atoms with van der Waals surface area (Å²) in [6.07, 6.45) is 0.376. The smallest absolute Gasteiger partial charge is 0.408 e. The SMILES string of the molecule is O=C1N[C@H](c2cc(C#Cc3cccc(F)c3)ccn2)[C@@H](c2ccc(F)cc2)O1. The van der Waals surface area contributed by atoms with E-state index in [1.54, 1.807) is 42.6 Å². The highest BCUT2D eigenvalue weighted by atomic mass is 19.1. The number of carbonyl (C=O) groups excluding carboxylic acids is 1. The number of benzene rings is 2. The molecular formula is C22H14F2N2O2. The van der Waals surface area contributed by atoms with Crippen LogP contribution in [0.3, 0.4) is 0 Å². The molecule has 1 saturated heterocycles. The molecule has 2 atom stereocenters. The summed E-state index contributed by atoms with van der Waals surface area (Å²) in [5, 5.41) is 2.73. The third-order valence-corrected chi connectivity index (χ3v) is 4.28. The zero-order valence-electron chi connectivity index (χ0n) is 14.5. The number of hydrogen-bond donors (Lipinski definition) is 1. The van der Waals surface area contributed by atoms with Gasteiger partial charge in [-0.3, -0.25) is 4.98 Å². The minimum atomic E-state index is -0.632. The molecule has 2 aromatic carbocycles. The van der Waals surface area contributed by atoms with E-state index in [0.29, 0.717) is 22.4 Å². The Balaban J connectivity index is 1.63. The molecule has 0 unspecified atom stereocenters. The van der Waals surface area contributed by atoms with Crippen LogP contribution in [0.25, 0.3) is 0 Å². The van der Waals surface area contributed by atoms with Gasteiger partial charge in [0.1, 0.15) is 17.7 Å². The van der Waals surface area contributed by atoms with E-state index in [2.05, 4.69) is 22.1 Å². The van der Waals surface area contributed by atoms with Crippen LogP contribution in [-0.4, -0.2) is 11.1 Å². The molecule has 0 aliphatic carbocycles. The Kier molecular flexibility index (Phi) is 4.73. The van der Waals surface area contributed by atoms with E-state index < -0.39 is 18.2 Å². The van der Waals surface area contributed by atoms with Crippen molar-refractivity contribution in [3.63, 3.8) is 0 Å². The number of carbonyl (C=O) groups is 1. The van der Waals surface area contributed by atoms with Crippen molar-refractivity contribution in [2.45, 2.75) is 12.1 Å². The van der Waals surface area contributed by atoms with Crippen LogP contribution in [-0.2, 0) is 4.74 Å². The highest BCUT2D eigenvalue weighted by Crippen LogP contribution is 2.36. The molecule has 0 radical (unpaired) electrons. The van der Waals surface area contributed by atoms with Gasteiger partial charge in [-0.05, 0) is 48.0 Å². The van der Waals surface area contributed by atoms with Gasteiger partial charge in [0.15, 0.2) is 6.10 Å². The molecule has 4 nitrogen and oxygen atoms in total. The molecule has 0 saturated carbocycles. The van der Waals surface area contributed by atoms with Crippen LogP contribution < -0.4 is 5.32 Å². The summed E-state index contributed by atoms with van der Waals surface area (Å²) in [6, 6.07) is 14.7. The summed E-state index contributed by atoms with van der Waals surface area (Å²) in [5.74, 6) is 5.14. The quantitative estimate of drug-likeness (QED) is 0.679. The minimum absolute atomic E-state index is 0.352. The molecule has 3 aromatic rings. The van der Waals surface area contributed by atoms with E-state index in [4.69, 9.17) is 4.74 Å². The Morgan fingerprint density at radius 1 is 0.929 bits per heavy atom. The van der Waals surface area contributed by atoms with Crippen molar-refractivity contribution in [3.8, 4) is 11.8 Å². The van der Waals surface area contributed by atoms with Crippen LogP contribution in [0, 0.1) is 23.5 Å². The van der Waals surface area contributed by atoms with Gasteiger partial charge in [0, 0.05) is 17.3 Å². The van der Waals surface area contributed by atoms with Crippen molar-refractivity contribution >= 4 is 6.09 Å². The Labute approximate surface area is 160 Å². The number of hydrogen-bond acceptors (Lipinski definition) is 3. The highest BCUT2D eigenvalue weighted by molar-refractivity contribution is 5.71. The molecule has 2 heterocycles. The van der Waals surface area contributed by atoms with Crippen LogP contribution >= 0.6 is 0 Å². The maximum atomic E-state index is 13.3. The predicted octanol–water partition coefficient (Wildman–Crippen LogP) is 4.28. The number of ether oxygens (including phenoxy) is 1. The standard InChI is InChI=1S/C22H14F2N2O2/c23-17-8-6-16(7-9-17)21-20(26-22(27)28-21)19-13-15(10-11-25-19)5-4-14-2-1-3-18(24)12-14/h1-3,6-13,20-21H,(H,26,27)/t20-,21-/m1/s1. The summed E-state index contributed by atoms with van der Waals surface area (Å²) < 4.78 is 31.8. The molecule has 0 bridgehead atoms. The van der Waals surface area contributed by atoms with Gasteiger partial charge in [-0.15, -0.1) is 0 Å². The fraction of sp³-hybridized carbons (Fsp3) is 0.0909. The van der Waals surface area contributed by atoms with E-state index in [-0.39, 0.29) is 11.6 Å². The number of amides is 1. The van der Waals surface area contributed by atoms with Crippen molar-refractivity contribution < 1.29 is 18.3 Å². The summed E-state index contributed by atoms with van der Waals surface area (Å²) in [7, 11) is 0. The van der Waals surface area contributed by atoms with Crippen LogP contribution in [0.2, 0.25) is 0 Å². The van der Waals surface area contributed by atoms with Crippen LogP contribution in [0.4, 0.5) is 13.6 Å². The first-order valence-corrected chi connectivity index (χ1v) is 8.55. The molecule has 0 spiro atoms. The van der Waals surface area contributed by atoms with Gasteiger partial charge in [-0.1, -0.05) is 30.0 Å². The number of cyclic esters (lactones) is 1. The van der Waals surface area contributed by atoms with Crippen molar-refractivity contribution in [1.82, 2.24) is 10.3 Å². The Hall–Kier alpha value is -3.72. The minimum Gasteiger partial charge on any atom is -0.439 e. The molecule has 1 aliphatic rings. The lowest BCUT2D eigenvalue weighted by molar-refractivity contribution is 0.132. The van der Waals surface area contributed by atoms with Gasteiger partial charge >= 0.3 is 6.09 Å². The first-order valence-electron chi connectivity index (χ1n) is 8.55. The number of aromatic nitrogens is 1. The van der Waals surface area contributed by atoms with E-state index in [0.717, 1.165) is 0 Å². The average molecular weight is 376 g/mol. The summed E-state index contributed by atoms with van der Waals surface area (Å²) in [6.45, 7) is 0. The van der Waals surface area contributed by atoms with Crippen molar-refractivity contribution in [3.05, 3.63) is 101 Å². The van der Waals surface area contributed by atoms with E-state index in [1.165, 1.54) is 24.3 Å². The molecule has 4 rings (SSSR count). The zero-order chi connectivity index (χ0) is 19.5. The van der Waals surface area contributed by atoms with E-state index in [9.17, 15) is 13.6 Å². The van der Waals surface area contributed by atoms with Crippen LogP contribution in [0.5, 0.6) is 0 Å². The number of nitrogens with one attached hydrogen (secondary N) is 1. The van der Waals surface area contributed by atoms with E-state index >= 15 is 0 Å². The number of alkyl carbamates (subject to hydrolysis) is 1. The normalized spacial score (nSPS) is 18.0. The molecule has 1 aromatic heterocycles. The molecule has 28 heavy (non-hydrogen) atoms. The monoisotopic (exact) mass is 376 g/mol. The topological polar surface area (TPSA) is 51.2 Å². The van der Waals surface area contributed by atoms with Crippen molar-refractivity contribution in [2.75, 3.05) is 0 Å². The summed E-state index contributed by atoms with van der Waals surface area (Å²) >= 11 is 0. The lowest BCUT2D eigenvalue weighted by Gasteiger charge is -2.17. The molecule has 1 fully saturated rings. The van der Waals surface area contributed by atoms with Crippen molar-refractivity contribution in [1.29, 1.82) is 0 Å². The maximum absolute atomic E-state index is 13.3. The van der Waals surface area contributed by atoms with Gasteiger partial charge < -0.3 is 10.1 Å². The summed E-state index contributed by atoms with van der Waals surface area (Å²) in [5.41, 5.74) is 2.43. The van der Waals surface area contributed by atoms with Gasteiger partial charge in [0.25, 0.3) is 0 Å². The Morgan fingerprint density at radius 3 is 2.43 bits per heavy atom. The van der Waals surface area contributed by atoms with Gasteiger partial charge in [-0.25, -0.2) is 13.6 Å². The molecule has 1 aliphatic heterocycles. The van der Waals surface area contributed by atoms with Crippen LogP contribution in [0.15, 0.2) is 66.9 Å². The summed E-state index contributed by atoms with van der Waals surface area (Å²) in [4.78, 5) is 16.1. The van der Waals surface area contributed by atoms with Crippen molar-refractivity contribution in [2.24, 2.45) is 0 Å². The maximum Gasteiger partial charge on any atom is 0.408 e. The van der Waals surface area contributed by atoms with Gasteiger partial charge in [-0.2, -0.15) is 0 Å². The van der Waals surface area contributed by atoms with Crippen LogP contribution in [0.1, 0.15) is 34.5 Å². The number of pyridine rings is 1. The zero-order valence-corrected chi connectivity index (χ0v) is 14.5. The third-order valence-electron chi connectivity index (χ3n) is 4.28. The second-order valence-corrected chi connectivity index (χ2v) is 6.23. The predicted molar refractivity (Wildman–Crippen MR) is 98.1 cm³/mol. The Bertz CT molecular complexity index is 1090. The fourth-order valence-corrected chi connectivity index (χ4v) is 2.97. The Morgan fingerprint density at radius 2 is 1.68 bits per heavy atom. The van der Waals surface area contributed by atoms with Gasteiger partial charge in [0.2, 0.25) is 0 Å². The molecule has 6 heteroatoms. The number of rotatable bonds is 2. The first-order chi connectivity index (χ1) is 13.6. The average Bonchev–Trinajstić information content (AvgIpc) is 3.09. The lowest BCUT2D eigenvalue weighted by atomic mass is 9.99. The molecule has 138 valence electrons. The molecule has 1 amide bonds. The number of halogens is 2. The largest absolute Gasteiger partial charge is 0.439 e. The van der Waals surface area contributed by atoms with Gasteiger partial charge in [0.05, 0.1) is 5.69 Å². The molecule has 1 N–H and O–H groups in total. The third kappa shape index (κ3) is 3.84. The highest BCUT2D eigenvalue weighted by Gasteiger charge is 2.37. The fourth-order valence-electron chi connectivity index (χ4n) is 2.97. The number of nitrogens with zero attached hydrogens (tertiary/aromatic N) is 1. The first kappa shape index (κ1) is 17.7.